The van der Waals surface area contributed by atoms with Crippen LogP contribution in [0.2, 0.25) is 0 Å². The Morgan fingerprint density at radius 2 is 1.80 bits per heavy atom. The van der Waals surface area contributed by atoms with Crippen molar-refractivity contribution in [3.8, 4) is 11.3 Å². The van der Waals surface area contributed by atoms with Gasteiger partial charge in [0, 0.05) is 48.9 Å². The van der Waals surface area contributed by atoms with Gasteiger partial charge in [-0.2, -0.15) is 5.10 Å². The number of aromatic nitrogens is 3. The van der Waals surface area contributed by atoms with Gasteiger partial charge in [0.05, 0.1) is 23.3 Å². The number of carbonyl (C=O) groups excluding carboxylic acids is 2. The van der Waals surface area contributed by atoms with Crippen molar-refractivity contribution in [2.24, 2.45) is 11.7 Å². The van der Waals surface area contributed by atoms with E-state index in [0.29, 0.717) is 30.9 Å². The smallest absolute Gasteiger partial charge is 0.273 e. The molecule has 4 heterocycles. The Labute approximate surface area is 235 Å². The largest absolute Gasteiger partial charge is 0.369 e. The summed E-state index contributed by atoms with van der Waals surface area (Å²) in [6.07, 6.45) is 3.22. The van der Waals surface area contributed by atoms with E-state index in [9.17, 15) is 9.59 Å². The topological polar surface area (TPSA) is 96.8 Å². The zero-order chi connectivity index (χ0) is 28.4. The summed E-state index contributed by atoms with van der Waals surface area (Å²) in [7, 11) is 0. The average molecular weight is 557 g/mol. The second kappa shape index (κ2) is 9.64. The highest BCUT2D eigenvalue weighted by Crippen LogP contribution is 2.41. The number of benzene rings is 2. The molecule has 41 heavy (non-hydrogen) atoms. The molecule has 3 aliphatic rings. The van der Waals surface area contributed by atoms with Crippen LogP contribution in [0.4, 0.5) is 14.5 Å². The van der Waals surface area contributed by atoms with Gasteiger partial charge >= 0.3 is 0 Å². The van der Waals surface area contributed by atoms with Crippen molar-refractivity contribution in [3.05, 3.63) is 82.7 Å². The van der Waals surface area contributed by atoms with E-state index in [4.69, 9.17) is 5.73 Å². The highest BCUT2D eigenvalue weighted by Gasteiger charge is 2.33. The first kappa shape index (κ1) is 25.6. The van der Waals surface area contributed by atoms with Gasteiger partial charge < -0.3 is 15.5 Å². The van der Waals surface area contributed by atoms with E-state index in [-0.39, 0.29) is 47.3 Å². The predicted octanol–water partition coefficient (Wildman–Crippen LogP) is 4.62. The predicted molar refractivity (Wildman–Crippen MR) is 149 cm³/mol. The summed E-state index contributed by atoms with van der Waals surface area (Å²) in [4.78, 5) is 33.4. The van der Waals surface area contributed by atoms with Gasteiger partial charge in [0.1, 0.15) is 17.3 Å². The number of hydrogen-bond acceptors (Lipinski definition) is 5. The first-order chi connectivity index (χ1) is 19.8. The molecule has 10 heteroatoms. The number of nitrogens with zero attached hydrogens (tertiary/aromatic N) is 5. The lowest BCUT2D eigenvalue weighted by atomic mass is 9.93. The molecule has 2 amide bonds. The van der Waals surface area contributed by atoms with E-state index < -0.39 is 17.5 Å². The first-order valence-corrected chi connectivity index (χ1v) is 14.1. The molecule has 2 fully saturated rings. The van der Waals surface area contributed by atoms with Gasteiger partial charge in [-0.3, -0.25) is 9.59 Å². The number of halogens is 2. The monoisotopic (exact) mass is 556 g/mol. The zero-order valence-electron chi connectivity index (χ0n) is 22.7. The average Bonchev–Trinajstić information content (AvgIpc) is 3.52. The van der Waals surface area contributed by atoms with Crippen LogP contribution in [-0.4, -0.2) is 50.9 Å². The minimum Gasteiger partial charge on any atom is -0.369 e. The van der Waals surface area contributed by atoms with Gasteiger partial charge in [-0.25, -0.2) is 18.3 Å². The van der Waals surface area contributed by atoms with Gasteiger partial charge in [-0.15, -0.1) is 0 Å². The summed E-state index contributed by atoms with van der Waals surface area (Å²) in [6, 6.07) is 13.8. The summed E-state index contributed by atoms with van der Waals surface area (Å²) in [5.74, 6) is -1.98. The number of anilines is 1. The first-order valence-electron chi connectivity index (χ1n) is 14.1. The summed E-state index contributed by atoms with van der Waals surface area (Å²) in [6.45, 7) is 3.31. The van der Waals surface area contributed by atoms with Crippen molar-refractivity contribution in [1.82, 2.24) is 19.5 Å². The quantitative estimate of drug-likeness (QED) is 0.387. The molecule has 2 atom stereocenters. The Bertz CT molecular complexity index is 1710. The summed E-state index contributed by atoms with van der Waals surface area (Å²) in [5, 5.41) is 4.61. The highest BCUT2D eigenvalue weighted by atomic mass is 19.1. The van der Waals surface area contributed by atoms with Gasteiger partial charge in [-0.1, -0.05) is 24.3 Å². The SMILES string of the molecule is C[C@@H]1c2ccccc2CCN1C(=O)c1cc(C2CC2)n2nc(-c3cc(F)c(N4CC[C@H](C(N)=O)C4)cc3F)cc2n1. The molecule has 210 valence electrons. The molecule has 7 rings (SSSR count). The number of carbonyl (C=O) groups is 2. The zero-order valence-corrected chi connectivity index (χ0v) is 22.7. The van der Waals surface area contributed by atoms with Crippen LogP contribution in [0.25, 0.3) is 16.9 Å². The van der Waals surface area contributed by atoms with Crippen LogP contribution in [0.1, 0.15) is 65.5 Å². The van der Waals surface area contributed by atoms with Crippen molar-refractivity contribution in [3.63, 3.8) is 0 Å². The Hall–Kier alpha value is -4.34. The second-order valence-corrected chi connectivity index (χ2v) is 11.4. The molecule has 2 aliphatic heterocycles. The molecule has 8 nitrogen and oxygen atoms in total. The third-order valence-corrected chi connectivity index (χ3v) is 8.77. The van der Waals surface area contributed by atoms with Gasteiger partial charge in [-0.05, 0) is 55.9 Å². The Balaban J connectivity index is 1.23. The Kier molecular flexibility index (Phi) is 6.02. The molecule has 0 spiro atoms. The summed E-state index contributed by atoms with van der Waals surface area (Å²) >= 11 is 0. The standard InChI is InChI=1S/C31H30F2N6O2/c1-17-21-5-3-2-4-18(21)9-11-38(17)31(41)26-14-27(19-6-7-19)39-29(35-26)15-25(36-39)22-12-24(33)28(13-23(22)32)37-10-8-20(16-37)30(34)40/h2-5,12-15,17,19-20H,6-11,16H2,1H3,(H2,34,40)/t17-,20+/m1/s1. The minimum absolute atomic E-state index is 0.0123. The van der Waals surface area contributed by atoms with Crippen LogP contribution in [0, 0.1) is 17.6 Å². The number of primary amides is 1. The molecule has 1 saturated heterocycles. The maximum Gasteiger partial charge on any atom is 0.273 e. The van der Waals surface area contributed by atoms with Crippen LogP contribution < -0.4 is 10.6 Å². The number of nitrogens with two attached hydrogens (primary N) is 1. The summed E-state index contributed by atoms with van der Waals surface area (Å²) < 4.78 is 32.3. The van der Waals surface area contributed by atoms with Crippen molar-refractivity contribution in [2.45, 2.75) is 44.6 Å². The van der Waals surface area contributed by atoms with Crippen LogP contribution in [-0.2, 0) is 11.2 Å². The fraction of sp³-hybridized carbons (Fsp3) is 0.355. The fourth-order valence-electron chi connectivity index (χ4n) is 6.29. The van der Waals surface area contributed by atoms with E-state index in [1.165, 1.54) is 5.56 Å². The van der Waals surface area contributed by atoms with E-state index in [1.54, 1.807) is 21.5 Å². The highest BCUT2D eigenvalue weighted by molar-refractivity contribution is 5.93. The maximum atomic E-state index is 15.4. The van der Waals surface area contributed by atoms with Crippen molar-refractivity contribution in [1.29, 1.82) is 0 Å². The normalized spacial score (nSPS) is 20.5. The number of fused-ring (bicyclic) bond motifs is 2. The lowest BCUT2D eigenvalue weighted by Crippen LogP contribution is -2.39. The third kappa shape index (κ3) is 4.42. The number of rotatable bonds is 5. The van der Waals surface area contributed by atoms with Crippen LogP contribution >= 0.6 is 0 Å². The van der Waals surface area contributed by atoms with Gasteiger partial charge in [0.25, 0.3) is 5.91 Å². The van der Waals surface area contributed by atoms with E-state index in [0.717, 1.165) is 42.7 Å². The molecule has 0 unspecified atom stereocenters. The van der Waals surface area contributed by atoms with Crippen LogP contribution in [0.3, 0.4) is 0 Å². The molecule has 4 aromatic rings. The Morgan fingerprint density at radius 1 is 1.00 bits per heavy atom. The molecule has 2 aromatic carbocycles. The second-order valence-electron chi connectivity index (χ2n) is 11.4. The minimum atomic E-state index is -0.627. The summed E-state index contributed by atoms with van der Waals surface area (Å²) in [5.41, 5.74) is 9.75. The number of amides is 2. The lowest BCUT2D eigenvalue weighted by molar-refractivity contribution is -0.121. The van der Waals surface area contributed by atoms with Crippen molar-refractivity contribution >= 4 is 23.1 Å². The lowest BCUT2D eigenvalue weighted by Gasteiger charge is -2.35. The van der Waals surface area contributed by atoms with Crippen molar-refractivity contribution < 1.29 is 18.4 Å². The molecule has 2 N–H and O–H groups in total. The number of hydrogen-bond donors (Lipinski definition) is 1. The van der Waals surface area contributed by atoms with E-state index in [1.807, 2.05) is 24.0 Å². The fourth-order valence-corrected chi connectivity index (χ4v) is 6.29. The van der Waals surface area contributed by atoms with Crippen LogP contribution in [0.5, 0.6) is 0 Å². The molecular formula is C31H30F2N6O2. The molecule has 2 aromatic heterocycles. The maximum absolute atomic E-state index is 15.4. The van der Waals surface area contributed by atoms with E-state index >= 15 is 8.78 Å². The molecule has 0 radical (unpaired) electrons. The molecule has 1 aliphatic carbocycles. The molecular weight excluding hydrogens is 526 g/mol. The van der Waals surface area contributed by atoms with Crippen LogP contribution in [0.15, 0.2) is 48.5 Å². The molecule has 0 bridgehead atoms. The van der Waals surface area contributed by atoms with E-state index in [2.05, 4.69) is 22.2 Å². The van der Waals surface area contributed by atoms with Crippen molar-refractivity contribution in [2.75, 3.05) is 24.5 Å². The Morgan fingerprint density at radius 3 is 2.56 bits per heavy atom. The third-order valence-electron chi connectivity index (χ3n) is 8.77. The molecule has 1 saturated carbocycles. The van der Waals surface area contributed by atoms with Gasteiger partial charge in [0.2, 0.25) is 5.91 Å². The van der Waals surface area contributed by atoms with Gasteiger partial charge in [0.15, 0.2) is 5.65 Å².